The Hall–Kier alpha value is -3.11. The summed E-state index contributed by atoms with van der Waals surface area (Å²) in [7, 11) is 4.33. The zero-order valence-corrected chi connectivity index (χ0v) is 55.0. The molecule has 10 atom stereocenters. The Labute approximate surface area is 514 Å². The summed E-state index contributed by atoms with van der Waals surface area (Å²) in [6.07, 6.45) is 32.9. The Morgan fingerprint density at radius 3 is 2.19 bits per heavy atom. The van der Waals surface area contributed by atoms with Gasteiger partial charge in [-0.05, 0) is 139 Å². The van der Waals surface area contributed by atoms with E-state index < -0.39 is 11.7 Å². The lowest BCUT2D eigenvalue weighted by Gasteiger charge is -2.55. The first kappa shape index (κ1) is 68.4. The summed E-state index contributed by atoms with van der Waals surface area (Å²) in [5, 5.41) is 24.2. The van der Waals surface area contributed by atoms with Crippen LogP contribution in [0.5, 0.6) is 0 Å². The van der Waals surface area contributed by atoms with Gasteiger partial charge in [0.1, 0.15) is 0 Å². The Kier molecular flexibility index (Phi) is 27.2. The van der Waals surface area contributed by atoms with Crippen LogP contribution in [-0.4, -0.2) is 139 Å². The number of fused-ring (bicyclic) bond motifs is 2. The molecule has 0 amide bonds. The molecule has 3 aliphatic carbocycles. The molecular formula is C69H117ClF3N11. The second-order valence-corrected chi connectivity index (χ2v) is 28.2. The molecule has 6 N–H and O–H groups in total. The Balaban J connectivity index is 1.16. The third-order valence-corrected chi connectivity index (χ3v) is 21.2. The highest BCUT2D eigenvalue weighted by atomic mass is 35.5. The van der Waals surface area contributed by atoms with Crippen LogP contribution in [0.2, 0.25) is 5.02 Å². The molecule has 3 heterocycles. The molecule has 11 nitrogen and oxygen atoms in total. The first-order valence-corrected chi connectivity index (χ1v) is 34.2. The van der Waals surface area contributed by atoms with Gasteiger partial charge in [-0.1, -0.05) is 136 Å². The zero-order chi connectivity index (χ0) is 60.4. The van der Waals surface area contributed by atoms with Gasteiger partial charge in [0.2, 0.25) is 0 Å². The quantitative estimate of drug-likeness (QED) is 0.136. The molecule has 0 radical (unpaired) electrons. The minimum atomic E-state index is -4.50. The predicted octanol–water partition coefficient (Wildman–Crippen LogP) is 13.8. The number of aryl methyl sites for hydroxylation is 1. The molecule has 3 saturated carbocycles. The van der Waals surface area contributed by atoms with Crippen LogP contribution < -0.4 is 31.9 Å². The molecule has 84 heavy (non-hydrogen) atoms. The van der Waals surface area contributed by atoms with Gasteiger partial charge in [0, 0.05) is 156 Å². The maximum Gasteiger partial charge on any atom is 0.417 e. The summed E-state index contributed by atoms with van der Waals surface area (Å²) < 4.78 is 40.9. The smallest absolute Gasteiger partial charge is 0.390 e. The maximum atomic E-state index is 13.6. The van der Waals surface area contributed by atoms with Crippen molar-refractivity contribution in [2.24, 2.45) is 34.6 Å². The lowest BCUT2D eigenvalue weighted by Crippen LogP contribution is -2.69. The molecule has 1 aromatic carbocycles. The van der Waals surface area contributed by atoms with Crippen molar-refractivity contribution in [3.05, 3.63) is 82.8 Å². The average molecular weight is 1190 g/mol. The van der Waals surface area contributed by atoms with E-state index in [0.29, 0.717) is 84.8 Å². The van der Waals surface area contributed by atoms with Gasteiger partial charge in [-0.3, -0.25) is 9.89 Å². The highest BCUT2D eigenvalue weighted by Gasteiger charge is 2.45. The fourth-order valence-electron chi connectivity index (χ4n) is 15.4. The second-order valence-electron chi connectivity index (χ2n) is 27.8. The van der Waals surface area contributed by atoms with Crippen LogP contribution in [0.15, 0.2) is 71.7 Å². The van der Waals surface area contributed by atoms with Crippen molar-refractivity contribution < 1.29 is 13.2 Å². The number of alkyl halides is 3. The number of hydrogen-bond acceptors (Lipinski definition) is 11. The number of halogens is 4. The van der Waals surface area contributed by atoms with Crippen molar-refractivity contribution in [1.29, 1.82) is 0 Å². The molecule has 5 fully saturated rings. The number of aliphatic imine (C=N–C) groups is 1. The Bertz CT molecular complexity index is 2270. The van der Waals surface area contributed by atoms with Crippen molar-refractivity contribution in [1.82, 2.24) is 51.5 Å². The van der Waals surface area contributed by atoms with E-state index in [9.17, 15) is 13.2 Å². The van der Waals surface area contributed by atoms with Gasteiger partial charge in [-0.2, -0.15) is 13.2 Å². The van der Waals surface area contributed by atoms with Gasteiger partial charge in [0.15, 0.2) is 0 Å². The number of hydrogen-bond donors (Lipinski definition) is 6. The van der Waals surface area contributed by atoms with Crippen molar-refractivity contribution in [2.75, 3.05) is 59.9 Å². The highest BCUT2D eigenvalue weighted by Crippen LogP contribution is 2.38. The summed E-state index contributed by atoms with van der Waals surface area (Å²) in [5.41, 5.74) is 3.51. The fraction of sp³-hybridized carbons (Fsp3) is 0.783. The molecule has 7 rings (SSSR count). The van der Waals surface area contributed by atoms with E-state index in [1.807, 2.05) is 24.7 Å². The van der Waals surface area contributed by atoms with E-state index >= 15 is 0 Å². The van der Waals surface area contributed by atoms with Gasteiger partial charge in [-0.15, -0.1) is 0 Å². The molecule has 4 unspecified atom stereocenters. The third-order valence-electron chi connectivity index (χ3n) is 20.9. The van der Waals surface area contributed by atoms with Crippen LogP contribution in [0.4, 0.5) is 13.2 Å². The Morgan fingerprint density at radius 2 is 1.52 bits per heavy atom. The van der Waals surface area contributed by atoms with Gasteiger partial charge in [0.25, 0.3) is 0 Å². The van der Waals surface area contributed by atoms with Crippen molar-refractivity contribution >= 4 is 17.3 Å². The van der Waals surface area contributed by atoms with E-state index in [-0.39, 0.29) is 10.6 Å². The van der Waals surface area contributed by atoms with Gasteiger partial charge in [-0.25, -0.2) is 0 Å². The Morgan fingerprint density at radius 1 is 0.810 bits per heavy atom. The predicted molar refractivity (Wildman–Crippen MR) is 348 cm³/mol. The summed E-state index contributed by atoms with van der Waals surface area (Å²) >= 11 is 6.19. The first-order chi connectivity index (χ1) is 40.2. The first-order valence-electron chi connectivity index (χ1n) is 33.8. The number of nitrogens with zero attached hydrogens (tertiary/aromatic N) is 5. The average Bonchev–Trinajstić information content (AvgIpc) is 2.66. The third kappa shape index (κ3) is 20.2. The van der Waals surface area contributed by atoms with Crippen LogP contribution in [0, 0.1) is 29.6 Å². The van der Waals surface area contributed by atoms with Crippen molar-refractivity contribution in [3.63, 3.8) is 0 Å². The molecule has 0 bridgehead atoms. The largest absolute Gasteiger partial charge is 0.417 e. The van der Waals surface area contributed by atoms with Gasteiger partial charge in [0.05, 0.1) is 10.6 Å². The van der Waals surface area contributed by atoms with Crippen LogP contribution >= 0.6 is 11.6 Å². The monoisotopic (exact) mass is 1190 g/mol. The van der Waals surface area contributed by atoms with Crippen LogP contribution in [0.25, 0.3) is 0 Å². The van der Waals surface area contributed by atoms with E-state index in [4.69, 9.17) is 16.6 Å². The summed E-state index contributed by atoms with van der Waals surface area (Å²) in [4.78, 5) is 15.1. The van der Waals surface area contributed by atoms with Gasteiger partial charge >= 0.3 is 6.18 Å². The van der Waals surface area contributed by atoms with E-state index in [2.05, 4.69) is 140 Å². The molecule has 1 aromatic rings. The molecule has 2 saturated heterocycles. The summed E-state index contributed by atoms with van der Waals surface area (Å²) in [5.74, 6) is 3.14. The minimum absolute atomic E-state index is 0.0590. The van der Waals surface area contributed by atoms with Crippen molar-refractivity contribution in [2.45, 2.75) is 257 Å². The minimum Gasteiger partial charge on any atom is -0.390 e. The SMILES string of the molecule is CC[C@H](C)[C@H]1CN[C@@H](CC2CCCCC2)C(C)NCC2[C@H](C)CN2[C@@H](C(C)C)C(C)NC2(CCCC2)CNCCNC=CC(CCc2ccc(C(F)(F)F)c(Cl)c2)=NC=CN(C)C=C(CC2CCCCC2)N(C)C=C2CCCN2[C@@H](C)C(C)N1. The van der Waals surface area contributed by atoms with Crippen molar-refractivity contribution in [3.8, 4) is 0 Å². The van der Waals surface area contributed by atoms with Crippen LogP contribution in [0.3, 0.4) is 0 Å². The topological polar surface area (TPSA) is 97.5 Å². The summed E-state index contributed by atoms with van der Waals surface area (Å²) in [6, 6.07) is 7.10. The van der Waals surface area contributed by atoms with Crippen LogP contribution in [0.1, 0.15) is 202 Å². The number of rotatable bonds is 10. The standard InChI is InChI=1S/C69H117ClF3N11/c1-12-50(4)65-43-78-64(42-57-24-17-14-18-25-57)53(7)77-44-66-51(5)45-84(66)67(49(2)3)54(8)80-68(32-19-20-33-68)48-75-36-35-74-34-31-59(29-27-58-28-30-62(63(70)41-58)69(71,72)73)76-37-39-81(10)46-61(40-56-22-15-13-16-23-56)82(11)47-60-26-21-38-83(60)55(9)52(6)79-65/h28,30-31,34,37,39,41,46-47,49-57,64-67,74-75,77-80H,12-27,29,32-33,35-36,38,40,42-45,48H2,1-11H3/t50-,51+,52?,53?,54?,55-,64-,65+,66?,67-/m0/s1. The van der Waals surface area contributed by atoms with E-state index in [0.717, 1.165) is 94.8 Å². The second kappa shape index (κ2) is 33.5. The molecule has 6 aliphatic rings. The molecule has 3 aliphatic heterocycles. The normalized spacial score (nSPS) is 30.5. The summed E-state index contributed by atoms with van der Waals surface area (Å²) in [6.45, 7) is 28.7. The molecule has 15 heteroatoms. The number of nitrogens with one attached hydrogen (secondary N) is 6. The molecular weight excluding hydrogens is 1080 g/mol. The number of allylic oxidation sites excluding steroid dienone is 3. The molecule has 476 valence electrons. The van der Waals surface area contributed by atoms with E-state index in [1.165, 1.54) is 120 Å². The van der Waals surface area contributed by atoms with E-state index in [1.54, 1.807) is 0 Å². The highest BCUT2D eigenvalue weighted by molar-refractivity contribution is 6.31. The number of benzene rings is 1. The lowest BCUT2D eigenvalue weighted by atomic mass is 9.81. The van der Waals surface area contributed by atoms with Crippen LogP contribution in [-0.2, 0) is 12.6 Å². The zero-order valence-electron chi connectivity index (χ0n) is 54.2. The fourth-order valence-corrected chi connectivity index (χ4v) is 15.7. The maximum absolute atomic E-state index is 13.6. The molecule has 1 spiro atoms. The lowest BCUT2D eigenvalue weighted by molar-refractivity contribution is -0.137. The molecule has 0 aromatic heterocycles. The van der Waals surface area contributed by atoms with Gasteiger partial charge < -0.3 is 46.6 Å².